The molecule has 0 unspecified atom stereocenters. The first kappa shape index (κ1) is 19.3. The van der Waals surface area contributed by atoms with Gasteiger partial charge in [0, 0.05) is 17.1 Å². The average molecular weight is 328 g/mol. The fourth-order valence-corrected chi connectivity index (χ4v) is 3.03. The van der Waals surface area contributed by atoms with Gasteiger partial charge >= 0.3 is 0 Å². The van der Waals surface area contributed by atoms with Crippen LogP contribution >= 0.6 is 11.6 Å². The van der Waals surface area contributed by atoms with Crippen LogP contribution in [0.15, 0.2) is 18.2 Å². The molecule has 0 aromatic heterocycles. The minimum Gasteiger partial charge on any atom is -0.491 e. The lowest BCUT2D eigenvalue weighted by Gasteiger charge is -2.34. The fourth-order valence-electron chi connectivity index (χ4n) is 2.80. The lowest BCUT2D eigenvalue weighted by atomic mass is 9.82. The maximum absolute atomic E-state index is 10.1. The number of halogens is 1. The molecule has 0 heterocycles. The zero-order valence-corrected chi connectivity index (χ0v) is 15.4. The van der Waals surface area contributed by atoms with Crippen molar-refractivity contribution in [3.63, 3.8) is 0 Å². The van der Waals surface area contributed by atoms with Gasteiger partial charge in [-0.05, 0) is 56.4 Å². The number of β-amino-alcohol motifs (C(OH)–C–C–N with tert-alkyl or cyclic N) is 1. The van der Waals surface area contributed by atoms with Crippen molar-refractivity contribution in [3.05, 3.63) is 28.8 Å². The summed E-state index contributed by atoms with van der Waals surface area (Å²) >= 11 is 5.92. The van der Waals surface area contributed by atoms with Crippen LogP contribution in [0.4, 0.5) is 0 Å². The first-order valence-electron chi connectivity index (χ1n) is 7.81. The summed E-state index contributed by atoms with van der Waals surface area (Å²) in [6, 6.07) is 5.48. The lowest BCUT2D eigenvalue weighted by Crippen LogP contribution is -2.46. The highest BCUT2D eigenvalue weighted by Gasteiger charge is 2.25. The van der Waals surface area contributed by atoms with Gasteiger partial charge in [-0.15, -0.1) is 0 Å². The van der Waals surface area contributed by atoms with Gasteiger partial charge in [0.15, 0.2) is 0 Å². The van der Waals surface area contributed by atoms with Crippen LogP contribution in [0.2, 0.25) is 5.02 Å². The Kier molecular flexibility index (Phi) is 6.72. The zero-order valence-electron chi connectivity index (χ0n) is 14.7. The molecule has 1 aromatic carbocycles. The van der Waals surface area contributed by atoms with Crippen LogP contribution < -0.4 is 10.1 Å². The summed E-state index contributed by atoms with van der Waals surface area (Å²) in [5, 5.41) is 14.2. The van der Waals surface area contributed by atoms with E-state index in [2.05, 4.69) is 39.9 Å². The number of nitrogens with one attached hydrogen (secondary N) is 1. The van der Waals surface area contributed by atoms with Crippen molar-refractivity contribution < 1.29 is 9.84 Å². The highest BCUT2D eigenvalue weighted by Crippen LogP contribution is 2.26. The fraction of sp³-hybridized carbons (Fsp3) is 0.667. The first-order chi connectivity index (χ1) is 9.98. The number of aliphatic hydroxyl groups is 1. The molecule has 0 amide bonds. The molecule has 22 heavy (non-hydrogen) atoms. The molecule has 0 fully saturated rings. The molecule has 0 aliphatic rings. The van der Waals surface area contributed by atoms with E-state index < -0.39 is 6.10 Å². The van der Waals surface area contributed by atoms with Crippen LogP contribution in [-0.2, 0) is 0 Å². The normalized spacial score (nSPS) is 14.0. The Labute approximate surface area is 140 Å². The SMILES string of the molecule is Cc1cc(Cl)ccc1OC[C@@H](O)CNC(C)(C)CC(C)(C)C. The van der Waals surface area contributed by atoms with Gasteiger partial charge < -0.3 is 15.2 Å². The third-order valence-corrected chi connectivity index (χ3v) is 3.59. The number of rotatable bonds is 7. The van der Waals surface area contributed by atoms with Crippen molar-refractivity contribution in [1.82, 2.24) is 5.32 Å². The summed E-state index contributed by atoms with van der Waals surface area (Å²) in [5.74, 6) is 0.761. The van der Waals surface area contributed by atoms with Crippen molar-refractivity contribution in [2.45, 2.75) is 59.6 Å². The van der Waals surface area contributed by atoms with Crippen molar-refractivity contribution in [1.29, 1.82) is 0 Å². The maximum Gasteiger partial charge on any atom is 0.122 e. The standard InChI is InChI=1S/C18H30ClNO2/c1-13-9-14(19)7-8-16(13)22-11-15(21)10-20-18(5,6)12-17(2,3)4/h7-9,15,20-21H,10-12H2,1-6H3/t15-/m0/s1. The molecule has 0 bridgehead atoms. The molecule has 0 spiro atoms. The van der Waals surface area contributed by atoms with E-state index in [1.165, 1.54) is 0 Å². The second-order valence-electron chi connectivity index (χ2n) is 7.88. The lowest BCUT2D eigenvalue weighted by molar-refractivity contribution is 0.0941. The first-order valence-corrected chi connectivity index (χ1v) is 8.18. The Morgan fingerprint density at radius 1 is 1.23 bits per heavy atom. The largest absolute Gasteiger partial charge is 0.491 e. The van der Waals surface area contributed by atoms with E-state index >= 15 is 0 Å². The zero-order chi connectivity index (χ0) is 17.0. The second kappa shape index (κ2) is 7.67. The minimum absolute atomic E-state index is 0.0184. The smallest absolute Gasteiger partial charge is 0.122 e. The molecule has 0 radical (unpaired) electrons. The van der Waals surface area contributed by atoms with Crippen molar-refractivity contribution in [3.8, 4) is 5.75 Å². The Balaban J connectivity index is 2.42. The van der Waals surface area contributed by atoms with E-state index in [1.807, 2.05) is 19.1 Å². The molecule has 2 N–H and O–H groups in total. The molecule has 0 saturated carbocycles. The van der Waals surface area contributed by atoms with Gasteiger partial charge in [-0.3, -0.25) is 0 Å². The Morgan fingerprint density at radius 2 is 1.86 bits per heavy atom. The highest BCUT2D eigenvalue weighted by molar-refractivity contribution is 6.30. The summed E-state index contributed by atoms with van der Waals surface area (Å²) in [5.41, 5.74) is 1.20. The summed E-state index contributed by atoms with van der Waals surface area (Å²) < 4.78 is 5.67. The number of aliphatic hydroxyl groups excluding tert-OH is 1. The van der Waals surface area contributed by atoms with Gasteiger partial charge in [0.2, 0.25) is 0 Å². The third-order valence-electron chi connectivity index (χ3n) is 3.36. The van der Waals surface area contributed by atoms with E-state index in [4.69, 9.17) is 16.3 Å². The summed E-state index contributed by atoms with van der Waals surface area (Å²) in [6.07, 6.45) is 0.485. The van der Waals surface area contributed by atoms with Crippen LogP contribution in [0.1, 0.15) is 46.6 Å². The van der Waals surface area contributed by atoms with Gasteiger partial charge in [0.1, 0.15) is 18.5 Å². The number of hydrogen-bond acceptors (Lipinski definition) is 3. The highest BCUT2D eigenvalue weighted by atomic mass is 35.5. The van der Waals surface area contributed by atoms with Crippen LogP contribution in [-0.4, -0.2) is 29.9 Å². The molecular formula is C18H30ClNO2. The molecule has 126 valence electrons. The van der Waals surface area contributed by atoms with Crippen LogP contribution in [0.3, 0.4) is 0 Å². The summed E-state index contributed by atoms with van der Waals surface area (Å²) in [7, 11) is 0. The predicted octanol–water partition coefficient (Wildman–Crippen LogP) is 4.19. The van der Waals surface area contributed by atoms with Gasteiger partial charge in [-0.2, -0.15) is 0 Å². The van der Waals surface area contributed by atoms with Crippen LogP contribution in [0, 0.1) is 12.3 Å². The summed E-state index contributed by atoms with van der Waals surface area (Å²) in [6.45, 7) is 13.7. The van der Waals surface area contributed by atoms with E-state index in [0.29, 0.717) is 11.6 Å². The number of ether oxygens (including phenoxy) is 1. The van der Waals surface area contributed by atoms with Gasteiger partial charge in [-0.25, -0.2) is 0 Å². The van der Waals surface area contributed by atoms with Crippen LogP contribution in [0.25, 0.3) is 0 Å². The molecular weight excluding hydrogens is 298 g/mol. The molecule has 0 aliphatic carbocycles. The minimum atomic E-state index is -0.547. The van der Waals surface area contributed by atoms with Crippen molar-refractivity contribution >= 4 is 11.6 Å². The average Bonchev–Trinajstić information content (AvgIpc) is 2.32. The van der Waals surface area contributed by atoms with Gasteiger partial charge in [0.25, 0.3) is 0 Å². The number of aryl methyl sites for hydroxylation is 1. The molecule has 0 saturated heterocycles. The molecule has 1 atom stereocenters. The van der Waals surface area contributed by atoms with Gasteiger partial charge in [-0.1, -0.05) is 32.4 Å². The number of hydrogen-bond donors (Lipinski definition) is 2. The Morgan fingerprint density at radius 3 is 2.41 bits per heavy atom. The topological polar surface area (TPSA) is 41.5 Å². The molecule has 0 aliphatic heterocycles. The molecule has 1 rings (SSSR count). The molecule has 1 aromatic rings. The van der Waals surface area contributed by atoms with E-state index in [1.54, 1.807) is 6.07 Å². The predicted molar refractivity (Wildman–Crippen MR) is 93.8 cm³/mol. The second-order valence-corrected chi connectivity index (χ2v) is 8.31. The van der Waals surface area contributed by atoms with Crippen molar-refractivity contribution in [2.24, 2.45) is 5.41 Å². The van der Waals surface area contributed by atoms with Crippen LogP contribution in [0.5, 0.6) is 5.75 Å². The quantitative estimate of drug-likeness (QED) is 0.789. The maximum atomic E-state index is 10.1. The van der Waals surface area contributed by atoms with E-state index in [-0.39, 0.29) is 17.6 Å². The molecule has 4 heteroatoms. The van der Waals surface area contributed by atoms with Crippen molar-refractivity contribution in [2.75, 3.05) is 13.2 Å². The number of benzene rings is 1. The summed E-state index contributed by atoms with van der Waals surface area (Å²) in [4.78, 5) is 0. The Bertz CT molecular complexity index is 480. The third kappa shape index (κ3) is 7.48. The molecule has 3 nitrogen and oxygen atoms in total. The van der Waals surface area contributed by atoms with E-state index in [0.717, 1.165) is 17.7 Å². The van der Waals surface area contributed by atoms with E-state index in [9.17, 15) is 5.11 Å². The Hall–Kier alpha value is -0.770. The monoisotopic (exact) mass is 327 g/mol. The van der Waals surface area contributed by atoms with Gasteiger partial charge in [0.05, 0.1) is 0 Å².